The third kappa shape index (κ3) is 4.01. The van der Waals surface area contributed by atoms with Gasteiger partial charge in [0.15, 0.2) is 5.13 Å². The monoisotopic (exact) mass is 529 g/mol. The molecule has 0 aliphatic heterocycles. The molecule has 0 radical (unpaired) electrons. The topological polar surface area (TPSA) is 72.2 Å². The van der Waals surface area contributed by atoms with Gasteiger partial charge in [0.25, 0.3) is 0 Å². The van der Waals surface area contributed by atoms with Crippen LogP contribution in [0.25, 0.3) is 21.8 Å². The molecular weight excluding hydrogens is 509 g/mol. The molecule has 0 saturated heterocycles. The third-order valence-electron chi connectivity index (χ3n) is 4.75. The van der Waals surface area contributed by atoms with Crippen LogP contribution in [-0.4, -0.2) is 27.4 Å². The molecule has 4 rings (SSSR count). The minimum Gasteiger partial charge on any atom is -0.302 e. The fourth-order valence-electron chi connectivity index (χ4n) is 3.51. The molecule has 6 nitrogen and oxygen atoms in total. The van der Waals surface area contributed by atoms with Gasteiger partial charge in [0.05, 0.1) is 27.6 Å². The summed E-state index contributed by atoms with van der Waals surface area (Å²) in [6.45, 7) is 7.03. The SMILES string of the molecule is C=N/C=C\C=C(/C)c1nn(-c2cccc(I)c2)c2c1CCc1nc(NC(C)=O)sc1-2. The van der Waals surface area contributed by atoms with E-state index in [-0.39, 0.29) is 5.91 Å². The van der Waals surface area contributed by atoms with Crippen LogP contribution >= 0.6 is 33.9 Å². The molecule has 0 atom stereocenters. The number of aromatic nitrogens is 3. The Balaban J connectivity index is 1.92. The molecule has 1 N–H and O–H groups in total. The lowest BCUT2D eigenvalue weighted by molar-refractivity contribution is -0.114. The van der Waals surface area contributed by atoms with Crippen LogP contribution in [0, 0.1) is 3.57 Å². The van der Waals surface area contributed by atoms with Gasteiger partial charge in [0.1, 0.15) is 0 Å². The van der Waals surface area contributed by atoms with Gasteiger partial charge in [-0.1, -0.05) is 23.5 Å². The van der Waals surface area contributed by atoms with Crippen LogP contribution in [0.2, 0.25) is 0 Å². The van der Waals surface area contributed by atoms with E-state index in [2.05, 4.69) is 69.7 Å². The molecule has 1 aliphatic rings. The number of benzene rings is 1. The van der Waals surface area contributed by atoms with Crippen LogP contribution in [-0.2, 0) is 17.6 Å². The number of nitrogens with zero attached hydrogens (tertiary/aromatic N) is 4. The van der Waals surface area contributed by atoms with E-state index in [0.29, 0.717) is 5.13 Å². The van der Waals surface area contributed by atoms with Crippen molar-refractivity contribution in [2.45, 2.75) is 26.7 Å². The molecule has 30 heavy (non-hydrogen) atoms. The number of amides is 1. The highest BCUT2D eigenvalue weighted by Crippen LogP contribution is 2.43. The number of aryl methyl sites for hydroxylation is 1. The first-order valence-electron chi connectivity index (χ1n) is 9.43. The van der Waals surface area contributed by atoms with E-state index in [1.54, 1.807) is 6.20 Å². The number of allylic oxidation sites excluding steroid dienone is 3. The molecule has 0 unspecified atom stereocenters. The van der Waals surface area contributed by atoms with Gasteiger partial charge in [-0.3, -0.25) is 9.79 Å². The first-order valence-corrected chi connectivity index (χ1v) is 11.3. The van der Waals surface area contributed by atoms with Crippen LogP contribution in [0.4, 0.5) is 5.13 Å². The molecule has 1 aliphatic carbocycles. The standard InChI is InChI=1S/C22H20IN5OS/c1-13(6-5-11-24-3)19-17-9-10-18-21(30-22(26-18)25-14(2)29)20(17)28(27-19)16-8-4-7-15(23)12-16/h4-8,11-12H,3,9-10H2,1-2H3,(H,25,26,29)/b11-5-,13-6+. The number of carbonyl (C=O) groups is 1. The fourth-order valence-corrected chi connectivity index (χ4v) is 5.16. The van der Waals surface area contributed by atoms with Crippen molar-refractivity contribution in [3.63, 3.8) is 0 Å². The summed E-state index contributed by atoms with van der Waals surface area (Å²) < 4.78 is 3.15. The summed E-state index contributed by atoms with van der Waals surface area (Å²) in [5.41, 5.74) is 6.30. The highest BCUT2D eigenvalue weighted by molar-refractivity contribution is 14.1. The van der Waals surface area contributed by atoms with E-state index in [9.17, 15) is 4.79 Å². The van der Waals surface area contributed by atoms with Crippen molar-refractivity contribution in [2.75, 3.05) is 5.32 Å². The minimum absolute atomic E-state index is 0.116. The summed E-state index contributed by atoms with van der Waals surface area (Å²) in [6, 6.07) is 8.27. The fraction of sp³-hybridized carbons (Fsp3) is 0.182. The van der Waals surface area contributed by atoms with E-state index < -0.39 is 0 Å². The predicted molar refractivity (Wildman–Crippen MR) is 131 cm³/mol. The molecule has 2 aromatic heterocycles. The number of fused-ring (bicyclic) bond motifs is 3. The molecule has 0 fully saturated rings. The Bertz CT molecular complexity index is 1200. The zero-order valence-corrected chi connectivity index (χ0v) is 19.6. The zero-order valence-electron chi connectivity index (χ0n) is 16.6. The van der Waals surface area contributed by atoms with Crippen molar-refractivity contribution in [1.82, 2.24) is 14.8 Å². The molecule has 1 aromatic carbocycles. The van der Waals surface area contributed by atoms with Gasteiger partial charge < -0.3 is 5.32 Å². The molecule has 1 amide bonds. The van der Waals surface area contributed by atoms with Crippen LogP contribution in [0.1, 0.15) is 30.8 Å². The second-order valence-corrected chi connectivity index (χ2v) is 9.16. The first kappa shape index (κ1) is 20.7. The van der Waals surface area contributed by atoms with Crippen molar-refractivity contribution in [3.05, 3.63) is 63.1 Å². The van der Waals surface area contributed by atoms with Crippen molar-refractivity contribution < 1.29 is 4.79 Å². The lowest BCUT2D eigenvalue weighted by atomic mass is 9.95. The van der Waals surface area contributed by atoms with Crippen molar-refractivity contribution >= 4 is 57.3 Å². The molecule has 3 aromatic rings. The molecule has 0 bridgehead atoms. The highest BCUT2D eigenvalue weighted by Gasteiger charge is 2.29. The number of halogens is 1. The number of hydrogen-bond acceptors (Lipinski definition) is 5. The number of aliphatic imine (C=N–C) groups is 1. The van der Waals surface area contributed by atoms with Crippen LogP contribution in [0.15, 0.2) is 47.6 Å². The maximum atomic E-state index is 11.5. The van der Waals surface area contributed by atoms with E-state index >= 15 is 0 Å². The van der Waals surface area contributed by atoms with Crippen molar-refractivity contribution in [3.8, 4) is 16.3 Å². The van der Waals surface area contributed by atoms with Gasteiger partial charge in [0.2, 0.25) is 5.91 Å². The summed E-state index contributed by atoms with van der Waals surface area (Å²) in [6.07, 6.45) is 7.20. The third-order valence-corrected chi connectivity index (χ3v) is 6.45. The maximum absolute atomic E-state index is 11.5. The van der Waals surface area contributed by atoms with Gasteiger partial charge >= 0.3 is 0 Å². The zero-order chi connectivity index (χ0) is 21.3. The largest absolute Gasteiger partial charge is 0.302 e. The summed E-state index contributed by atoms with van der Waals surface area (Å²) >= 11 is 3.82. The average Bonchev–Trinajstić information content (AvgIpc) is 3.28. The van der Waals surface area contributed by atoms with Crippen LogP contribution < -0.4 is 5.32 Å². The highest BCUT2D eigenvalue weighted by atomic mass is 127. The molecule has 2 heterocycles. The molecule has 0 saturated carbocycles. The Kier molecular flexibility index (Phi) is 5.96. The van der Waals surface area contributed by atoms with Gasteiger partial charge in [-0.25, -0.2) is 9.67 Å². The number of hydrogen-bond donors (Lipinski definition) is 1. The van der Waals surface area contributed by atoms with Gasteiger partial charge in [-0.05, 0) is 78.9 Å². The normalized spacial score (nSPS) is 13.2. The van der Waals surface area contributed by atoms with Gasteiger partial charge in [-0.15, -0.1) is 0 Å². The Labute approximate surface area is 192 Å². The molecule has 0 spiro atoms. The Hall–Kier alpha value is -2.59. The lowest BCUT2D eigenvalue weighted by Gasteiger charge is -2.14. The minimum atomic E-state index is -0.116. The molecule has 8 heteroatoms. The smallest absolute Gasteiger partial charge is 0.223 e. The molecule has 152 valence electrons. The van der Waals surface area contributed by atoms with E-state index in [4.69, 9.17) is 5.10 Å². The van der Waals surface area contributed by atoms with Crippen molar-refractivity contribution in [1.29, 1.82) is 0 Å². The first-order chi connectivity index (χ1) is 14.5. The second kappa shape index (κ2) is 8.65. The predicted octanol–water partition coefficient (Wildman–Crippen LogP) is 5.28. The summed E-state index contributed by atoms with van der Waals surface area (Å²) in [4.78, 5) is 21.0. The Morgan fingerprint density at radius 3 is 2.93 bits per heavy atom. The van der Waals surface area contributed by atoms with Gasteiger partial charge in [0, 0.05) is 22.3 Å². The number of nitrogens with one attached hydrogen (secondary N) is 1. The number of carbonyl (C=O) groups excluding carboxylic acids is 1. The second-order valence-electron chi connectivity index (χ2n) is 6.92. The summed E-state index contributed by atoms with van der Waals surface area (Å²) in [7, 11) is 0. The van der Waals surface area contributed by atoms with E-state index in [1.807, 2.05) is 22.9 Å². The summed E-state index contributed by atoms with van der Waals surface area (Å²) in [5, 5.41) is 8.46. The number of anilines is 1. The Morgan fingerprint density at radius 2 is 2.20 bits per heavy atom. The number of thiazole rings is 1. The lowest BCUT2D eigenvalue weighted by Crippen LogP contribution is -2.07. The van der Waals surface area contributed by atoms with Crippen LogP contribution in [0.5, 0.6) is 0 Å². The van der Waals surface area contributed by atoms with Crippen molar-refractivity contribution in [2.24, 2.45) is 4.99 Å². The average molecular weight is 529 g/mol. The van der Waals surface area contributed by atoms with Crippen LogP contribution in [0.3, 0.4) is 0 Å². The molecular formula is C22H20IN5OS. The number of rotatable bonds is 5. The van der Waals surface area contributed by atoms with Gasteiger partial charge in [-0.2, -0.15) is 5.10 Å². The summed E-state index contributed by atoms with van der Waals surface area (Å²) in [5.74, 6) is -0.116. The maximum Gasteiger partial charge on any atom is 0.223 e. The van der Waals surface area contributed by atoms with E-state index in [1.165, 1.54) is 23.8 Å². The Morgan fingerprint density at radius 1 is 1.37 bits per heavy atom. The van der Waals surface area contributed by atoms with E-state index in [0.717, 1.165) is 49.6 Å². The quantitative estimate of drug-likeness (QED) is 0.278.